The number of ether oxygens (including phenoxy) is 2. The van der Waals surface area contributed by atoms with E-state index < -0.39 is 11.8 Å². The molecule has 41 heavy (non-hydrogen) atoms. The van der Waals surface area contributed by atoms with Gasteiger partial charge < -0.3 is 24.0 Å². The van der Waals surface area contributed by atoms with Crippen molar-refractivity contribution in [1.82, 2.24) is 14.5 Å². The Labute approximate surface area is 236 Å². The van der Waals surface area contributed by atoms with Crippen molar-refractivity contribution in [1.29, 1.82) is 5.26 Å². The lowest BCUT2D eigenvalue weighted by molar-refractivity contribution is -0.0590. The van der Waals surface area contributed by atoms with Gasteiger partial charge in [-0.2, -0.15) is 10.2 Å². The summed E-state index contributed by atoms with van der Waals surface area (Å²) < 4.78 is 27.9. The van der Waals surface area contributed by atoms with Crippen LogP contribution in [0.1, 0.15) is 33.6 Å². The fourth-order valence-electron chi connectivity index (χ4n) is 5.33. The maximum atomic E-state index is 14.2. The lowest BCUT2D eigenvalue weighted by Crippen LogP contribution is -2.46. The first-order valence-electron chi connectivity index (χ1n) is 13.7. The van der Waals surface area contributed by atoms with E-state index in [2.05, 4.69) is 25.4 Å². The molecule has 210 valence electrons. The quantitative estimate of drug-likeness (QED) is 0.324. The van der Waals surface area contributed by atoms with E-state index in [1.54, 1.807) is 30.3 Å². The number of piperazine rings is 1. The van der Waals surface area contributed by atoms with Crippen LogP contribution in [-0.4, -0.2) is 64.4 Å². The average Bonchev–Trinajstić information content (AvgIpc) is 3.30. The van der Waals surface area contributed by atoms with E-state index in [-0.39, 0.29) is 23.8 Å². The second-order valence-corrected chi connectivity index (χ2v) is 10.4. The van der Waals surface area contributed by atoms with Crippen molar-refractivity contribution in [2.45, 2.75) is 32.2 Å². The number of nitriles is 1. The van der Waals surface area contributed by atoms with E-state index in [4.69, 9.17) is 14.7 Å². The Bertz CT molecular complexity index is 1620. The predicted molar refractivity (Wildman–Crippen MR) is 150 cm³/mol. The Kier molecular flexibility index (Phi) is 7.55. The van der Waals surface area contributed by atoms with Gasteiger partial charge in [0.2, 0.25) is 5.88 Å². The summed E-state index contributed by atoms with van der Waals surface area (Å²) in [6.45, 7) is 5.51. The summed E-state index contributed by atoms with van der Waals surface area (Å²) in [4.78, 5) is 20.8. The van der Waals surface area contributed by atoms with Crippen LogP contribution in [0.5, 0.6) is 5.88 Å². The third kappa shape index (κ3) is 5.87. The molecule has 0 saturated carbocycles. The van der Waals surface area contributed by atoms with E-state index >= 15 is 0 Å². The number of halogens is 1. The number of nitrogens with zero attached hydrogens (tertiary/aromatic N) is 5. The Morgan fingerprint density at radius 3 is 2.66 bits per heavy atom. The van der Waals surface area contributed by atoms with Crippen molar-refractivity contribution < 1.29 is 23.8 Å². The van der Waals surface area contributed by atoms with Crippen molar-refractivity contribution in [3.63, 3.8) is 0 Å². The Hall–Kier alpha value is -4.46. The highest BCUT2D eigenvalue weighted by molar-refractivity contribution is 5.93. The molecule has 6 rings (SSSR count). The topological polar surface area (TPSA) is 104 Å². The molecule has 1 N–H and O–H groups in total. The molecule has 2 aliphatic heterocycles. The number of aromatic carboxylic acids is 1. The van der Waals surface area contributed by atoms with Crippen LogP contribution in [0, 0.1) is 17.1 Å². The Morgan fingerprint density at radius 2 is 1.95 bits per heavy atom. The summed E-state index contributed by atoms with van der Waals surface area (Å²) in [6.07, 6.45) is 1.16. The zero-order valence-corrected chi connectivity index (χ0v) is 22.5. The van der Waals surface area contributed by atoms with Crippen LogP contribution in [0.3, 0.4) is 0 Å². The molecule has 0 spiro atoms. The Balaban J connectivity index is 1.10. The van der Waals surface area contributed by atoms with E-state index in [1.165, 1.54) is 6.07 Å². The number of anilines is 1. The summed E-state index contributed by atoms with van der Waals surface area (Å²) in [5.41, 5.74) is 3.00. The van der Waals surface area contributed by atoms with Crippen LogP contribution in [0.2, 0.25) is 0 Å². The molecular formula is C31H30FN5O4. The number of pyridine rings is 1. The lowest BCUT2D eigenvalue weighted by atomic mass is 10.1. The molecule has 2 aromatic carbocycles. The summed E-state index contributed by atoms with van der Waals surface area (Å²) >= 11 is 0. The maximum Gasteiger partial charge on any atom is 0.335 e. The Morgan fingerprint density at radius 1 is 1.12 bits per heavy atom. The number of hydrogen-bond acceptors (Lipinski definition) is 7. The minimum absolute atomic E-state index is 0.0234. The number of carbonyl (C=O) groups is 1. The zero-order chi connectivity index (χ0) is 28.3. The second-order valence-electron chi connectivity index (χ2n) is 10.4. The predicted octanol–water partition coefficient (Wildman–Crippen LogP) is 4.44. The summed E-state index contributed by atoms with van der Waals surface area (Å²) in [6, 6.07) is 19.3. The minimum Gasteiger partial charge on any atom is -0.478 e. The van der Waals surface area contributed by atoms with Crippen LogP contribution in [0.15, 0.2) is 60.7 Å². The lowest BCUT2D eigenvalue weighted by Gasteiger charge is -2.36. The molecule has 0 bridgehead atoms. The largest absolute Gasteiger partial charge is 0.478 e. The van der Waals surface area contributed by atoms with Gasteiger partial charge in [-0.05, 0) is 48.2 Å². The molecule has 9 nitrogen and oxygen atoms in total. The fourth-order valence-corrected chi connectivity index (χ4v) is 5.33. The molecule has 2 aromatic heterocycles. The second kappa shape index (κ2) is 11.6. The molecule has 2 aliphatic rings. The maximum absolute atomic E-state index is 14.2. The standard InChI is InChI=1S/C31H30FN5O4/c32-27-14-21(17-33)4-5-24(27)20-41-30-3-1-2-29(34-30)36-11-9-35(10-12-36)18-25-15-22-6-7-23(31(38)39)16-28(22)37(25)19-26-8-13-40-26/h1-7,14-16,26H,8-13,18-20H2,(H,38,39)/t26-/m0/s1. The number of carboxylic acid groups (broad SMARTS) is 1. The summed E-state index contributed by atoms with van der Waals surface area (Å²) in [7, 11) is 0. The highest BCUT2D eigenvalue weighted by Crippen LogP contribution is 2.27. The summed E-state index contributed by atoms with van der Waals surface area (Å²) in [5, 5.41) is 19.5. The van der Waals surface area contributed by atoms with Crippen LogP contribution in [-0.2, 0) is 24.4 Å². The number of hydrogen-bond donors (Lipinski definition) is 1. The van der Waals surface area contributed by atoms with Crippen molar-refractivity contribution in [3.8, 4) is 11.9 Å². The number of carboxylic acids is 1. The van der Waals surface area contributed by atoms with Gasteiger partial charge in [-0.1, -0.05) is 18.2 Å². The van der Waals surface area contributed by atoms with Crippen LogP contribution in [0.25, 0.3) is 10.9 Å². The minimum atomic E-state index is -0.929. The molecule has 2 fully saturated rings. The number of aromatic nitrogens is 2. The van der Waals surface area contributed by atoms with Gasteiger partial charge in [-0.3, -0.25) is 4.90 Å². The number of benzene rings is 2. The molecule has 1 atom stereocenters. The van der Waals surface area contributed by atoms with E-state index in [0.29, 0.717) is 18.0 Å². The van der Waals surface area contributed by atoms with Gasteiger partial charge in [0, 0.05) is 68.7 Å². The molecular weight excluding hydrogens is 525 g/mol. The highest BCUT2D eigenvalue weighted by Gasteiger charge is 2.24. The molecule has 0 amide bonds. The molecule has 0 radical (unpaired) electrons. The third-order valence-electron chi connectivity index (χ3n) is 7.77. The van der Waals surface area contributed by atoms with Crippen molar-refractivity contribution in [2.75, 3.05) is 37.7 Å². The molecule has 10 heteroatoms. The number of rotatable bonds is 9. The van der Waals surface area contributed by atoms with Gasteiger partial charge in [0.05, 0.1) is 23.3 Å². The van der Waals surface area contributed by atoms with Gasteiger partial charge in [0.15, 0.2) is 0 Å². The molecule has 0 unspecified atom stereocenters. The molecule has 4 heterocycles. The number of fused-ring (bicyclic) bond motifs is 1. The first-order valence-corrected chi connectivity index (χ1v) is 13.7. The fraction of sp³-hybridized carbons (Fsp3) is 0.323. The monoisotopic (exact) mass is 555 g/mol. The van der Waals surface area contributed by atoms with E-state index in [0.717, 1.165) is 68.2 Å². The first-order chi connectivity index (χ1) is 20.0. The van der Waals surface area contributed by atoms with Gasteiger partial charge in [-0.25, -0.2) is 9.18 Å². The van der Waals surface area contributed by atoms with E-state index in [9.17, 15) is 14.3 Å². The van der Waals surface area contributed by atoms with Crippen LogP contribution >= 0.6 is 0 Å². The van der Waals surface area contributed by atoms with Gasteiger partial charge in [0.1, 0.15) is 18.2 Å². The van der Waals surface area contributed by atoms with Crippen molar-refractivity contribution in [3.05, 3.63) is 88.9 Å². The first kappa shape index (κ1) is 26.7. The SMILES string of the molecule is N#Cc1ccc(COc2cccc(N3CCN(Cc4cc5ccc(C(=O)O)cc5n4C[C@@H]4CCO4)CC3)n2)c(F)c1. The van der Waals surface area contributed by atoms with Crippen molar-refractivity contribution >= 4 is 22.7 Å². The van der Waals surface area contributed by atoms with Crippen LogP contribution < -0.4 is 9.64 Å². The molecule has 0 aliphatic carbocycles. The summed E-state index contributed by atoms with van der Waals surface area (Å²) in [5.74, 6) is -0.184. The van der Waals surface area contributed by atoms with Gasteiger partial charge in [-0.15, -0.1) is 0 Å². The highest BCUT2D eigenvalue weighted by atomic mass is 19.1. The van der Waals surface area contributed by atoms with E-state index in [1.807, 2.05) is 24.3 Å². The zero-order valence-electron chi connectivity index (χ0n) is 22.5. The van der Waals surface area contributed by atoms with Crippen LogP contribution in [0.4, 0.5) is 10.2 Å². The smallest absolute Gasteiger partial charge is 0.335 e. The van der Waals surface area contributed by atoms with Crippen molar-refractivity contribution in [2.24, 2.45) is 0 Å². The third-order valence-corrected chi connectivity index (χ3v) is 7.77. The van der Waals surface area contributed by atoms with Gasteiger partial charge in [0.25, 0.3) is 0 Å². The molecule has 4 aromatic rings. The average molecular weight is 556 g/mol. The van der Waals surface area contributed by atoms with Gasteiger partial charge >= 0.3 is 5.97 Å². The molecule has 2 saturated heterocycles. The normalized spacial score (nSPS) is 17.3.